The fraction of sp³-hybridized carbons (Fsp3) is 0.158. The minimum Gasteiger partial charge on any atom is -0.495 e. The minimum absolute atomic E-state index is 0.390. The summed E-state index contributed by atoms with van der Waals surface area (Å²) in [6.07, 6.45) is 1.76. The summed E-state index contributed by atoms with van der Waals surface area (Å²) in [5, 5.41) is 16.2. The number of fused-ring (bicyclic) bond motifs is 1. The van der Waals surface area contributed by atoms with Crippen molar-refractivity contribution in [3.05, 3.63) is 59.8 Å². The van der Waals surface area contributed by atoms with Gasteiger partial charge in [0.05, 0.1) is 19.4 Å². The van der Waals surface area contributed by atoms with Gasteiger partial charge in [0.25, 0.3) is 0 Å². The lowest BCUT2D eigenvalue weighted by molar-refractivity contribution is 0.275. The van der Waals surface area contributed by atoms with Gasteiger partial charge in [0.2, 0.25) is 5.95 Å². The molecule has 0 aliphatic carbocycles. The molecule has 0 saturated heterocycles. The maximum atomic E-state index is 9.73. The van der Waals surface area contributed by atoms with Crippen LogP contribution in [0.25, 0.3) is 0 Å². The number of rotatable bonds is 5. The van der Waals surface area contributed by atoms with Crippen LogP contribution < -0.4 is 20.8 Å². The molecule has 3 aromatic rings. The molecule has 0 unspecified atom stereocenters. The van der Waals surface area contributed by atoms with Crippen LogP contribution in [0.1, 0.15) is 11.1 Å². The molecule has 0 bridgehead atoms. The third-order valence-corrected chi connectivity index (χ3v) is 4.39. The molecular formula is C19H19BN4O3. The third-order valence-electron chi connectivity index (χ3n) is 4.39. The molecule has 0 radical (unpaired) electrons. The molecule has 3 N–H and O–H groups in total. The largest absolute Gasteiger partial charge is 0.495 e. The second kappa shape index (κ2) is 7.26. The van der Waals surface area contributed by atoms with E-state index < -0.39 is 7.12 Å². The summed E-state index contributed by atoms with van der Waals surface area (Å²) in [7, 11) is 0.788. The molecule has 0 atom stereocenters. The zero-order valence-corrected chi connectivity index (χ0v) is 15.1. The van der Waals surface area contributed by atoms with E-state index >= 15 is 0 Å². The fourth-order valence-corrected chi connectivity index (χ4v) is 2.94. The summed E-state index contributed by atoms with van der Waals surface area (Å²) in [5.41, 5.74) is 4.32. The highest BCUT2D eigenvalue weighted by molar-refractivity contribution is 6.61. The Hall–Kier alpha value is -3.10. The first-order valence-electron chi connectivity index (χ1n) is 8.57. The Labute approximate surface area is 157 Å². The molecule has 136 valence electrons. The van der Waals surface area contributed by atoms with Crippen LogP contribution in [0.4, 0.5) is 23.1 Å². The number of methoxy groups -OCH3 is 1. The lowest BCUT2D eigenvalue weighted by Gasteiger charge is -2.13. The first-order valence-corrected chi connectivity index (χ1v) is 8.57. The van der Waals surface area contributed by atoms with Crippen LogP contribution in [-0.4, -0.2) is 29.2 Å². The highest BCUT2D eigenvalue weighted by Crippen LogP contribution is 2.28. The number of nitrogens with one attached hydrogen (secondary N) is 2. The monoisotopic (exact) mass is 362 g/mol. The van der Waals surface area contributed by atoms with Crippen molar-refractivity contribution in [2.24, 2.45) is 0 Å². The molecule has 0 amide bonds. The van der Waals surface area contributed by atoms with Crippen LogP contribution in [0, 0.1) is 6.92 Å². The van der Waals surface area contributed by atoms with E-state index in [9.17, 15) is 5.02 Å². The van der Waals surface area contributed by atoms with E-state index in [0.717, 1.165) is 33.7 Å². The normalized spacial score (nSPS) is 12.6. The third kappa shape index (κ3) is 3.58. The predicted octanol–water partition coefficient (Wildman–Crippen LogP) is 2.50. The Morgan fingerprint density at radius 1 is 1.19 bits per heavy atom. The number of anilines is 4. The summed E-state index contributed by atoms with van der Waals surface area (Å²) >= 11 is 0. The molecule has 0 fully saturated rings. The number of hydrogen-bond acceptors (Lipinski definition) is 7. The summed E-state index contributed by atoms with van der Waals surface area (Å²) in [5.74, 6) is 1.90. The zero-order valence-electron chi connectivity index (χ0n) is 15.1. The molecule has 0 spiro atoms. The quantitative estimate of drug-likeness (QED) is 0.601. The maximum absolute atomic E-state index is 9.73. The summed E-state index contributed by atoms with van der Waals surface area (Å²) in [6.45, 7) is 2.33. The van der Waals surface area contributed by atoms with Gasteiger partial charge in [0.15, 0.2) is 0 Å². The van der Waals surface area contributed by atoms with E-state index in [4.69, 9.17) is 9.39 Å². The van der Waals surface area contributed by atoms with E-state index in [0.29, 0.717) is 18.4 Å². The molecule has 2 aromatic carbocycles. The number of benzene rings is 2. The standard InChI is InChI=1S/C19H19BN4O3/c1-12-10-21-19(22-14-7-8-15-13(9-14)11-27-20(15)25)24-18(12)23-16-5-3-4-6-17(16)26-2/h3-10,25H,11H2,1-2H3,(H2,21,22,23,24). The van der Waals surface area contributed by atoms with Gasteiger partial charge in [0, 0.05) is 17.4 Å². The van der Waals surface area contributed by atoms with Crippen LogP contribution in [0.5, 0.6) is 5.75 Å². The minimum atomic E-state index is -0.846. The molecule has 0 saturated carbocycles. The van der Waals surface area contributed by atoms with Crippen LogP contribution in [-0.2, 0) is 11.3 Å². The maximum Gasteiger partial charge on any atom is 0.491 e. The molecule has 27 heavy (non-hydrogen) atoms. The first-order chi connectivity index (χ1) is 13.1. The smallest absolute Gasteiger partial charge is 0.491 e. The van der Waals surface area contributed by atoms with Gasteiger partial charge in [-0.15, -0.1) is 0 Å². The Bertz CT molecular complexity index is 983. The van der Waals surface area contributed by atoms with Crippen molar-refractivity contribution in [3.8, 4) is 5.75 Å². The SMILES string of the molecule is COc1ccccc1Nc1nc(Nc2ccc3c(c2)COB3O)ncc1C. The van der Waals surface area contributed by atoms with Crippen molar-refractivity contribution in [1.29, 1.82) is 0 Å². The van der Waals surface area contributed by atoms with E-state index in [1.165, 1.54) is 0 Å². The van der Waals surface area contributed by atoms with Gasteiger partial charge >= 0.3 is 7.12 Å². The number of nitrogens with zero attached hydrogens (tertiary/aromatic N) is 2. The highest BCUT2D eigenvalue weighted by atomic mass is 16.5. The second-order valence-corrected chi connectivity index (χ2v) is 6.25. The van der Waals surface area contributed by atoms with E-state index in [-0.39, 0.29) is 0 Å². The molecule has 4 rings (SSSR count). The number of para-hydroxylation sites is 2. The average molecular weight is 362 g/mol. The zero-order chi connectivity index (χ0) is 18.8. The van der Waals surface area contributed by atoms with Gasteiger partial charge in [-0.25, -0.2) is 4.98 Å². The van der Waals surface area contributed by atoms with Crippen molar-refractivity contribution in [2.45, 2.75) is 13.5 Å². The van der Waals surface area contributed by atoms with Crippen molar-refractivity contribution in [2.75, 3.05) is 17.7 Å². The highest BCUT2D eigenvalue weighted by Gasteiger charge is 2.27. The van der Waals surface area contributed by atoms with Crippen LogP contribution >= 0.6 is 0 Å². The topological polar surface area (TPSA) is 88.5 Å². The van der Waals surface area contributed by atoms with Crippen molar-refractivity contribution < 1.29 is 14.4 Å². The van der Waals surface area contributed by atoms with Gasteiger partial charge in [-0.2, -0.15) is 4.98 Å². The Morgan fingerprint density at radius 2 is 2.04 bits per heavy atom. The number of aromatic nitrogens is 2. The molecular weight excluding hydrogens is 343 g/mol. The predicted molar refractivity (Wildman–Crippen MR) is 105 cm³/mol. The molecule has 1 aliphatic heterocycles. The Morgan fingerprint density at radius 3 is 2.89 bits per heavy atom. The fourth-order valence-electron chi connectivity index (χ4n) is 2.94. The molecule has 7 nitrogen and oxygen atoms in total. The average Bonchev–Trinajstić information content (AvgIpc) is 3.05. The van der Waals surface area contributed by atoms with Gasteiger partial charge in [-0.05, 0) is 42.2 Å². The number of hydrogen-bond donors (Lipinski definition) is 3. The number of ether oxygens (including phenoxy) is 1. The van der Waals surface area contributed by atoms with E-state index in [1.54, 1.807) is 13.3 Å². The van der Waals surface area contributed by atoms with Crippen molar-refractivity contribution in [3.63, 3.8) is 0 Å². The Balaban J connectivity index is 1.57. The van der Waals surface area contributed by atoms with E-state index in [1.807, 2.05) is 49.4 Å². The molecule has 1 aliphatic rings. The summed E-state index contributed by atoms with van der Waals surface area (Å²) in [6, 6.07) is 13.3. The lowest BCUT2D eigenvalue weighted by atomic mass is 9.79. The van der Waals surface area contributed by atoms with E-state index in [2.05, 4.69) is 20.6 Å². The van der Waals surface area contributed by atoms with Crippen LogP contribution in [0.3, 0.4) is 0 Å². The van der Waals surface area contributed by atoms with Gasteiger partial charge in [-0.3, -0.25) is 0 Å². The van der Waals surface area contributed by atoms with Gasteiger partial charge < -0.3 is 25.0 Å². The Kier molecular flexibility index (Phi) is 4.66. The summed E-state index contributed by atoms with van der Waals surface area (Å²) < 4.78 is 10.6. The van der Waals surface area contributed by atoms with Gasteiger partial charge in [-0.1, -0.05) is 18.2 Å². The summed E-state index contributed by atoms with van der Waals surface area (Å²) in [4.78, 5) is 8.93. The molecule has 2 heterocycles. The van der Waals surface area contributed by atoms with Gasteiger partial charge in [0.1, 0.15) is 11.6 Å². The number of aryl methyl sites for hydroxylation is 1. The van der Waals surface area contributed by atoms with Crippen molar-refractivity contribution in [1.82, 2.24) is 9.97 Å². The first kappa shape index (κ1) is 17.3. The molecule has 8 heteroatoms. The van der Waals surface area contributed by atoms with Crippen LogP contribution in [0.2, 0.25) is 0 Å². The van der Waals surface area contributed by atoms with Crippen LogP contribution in [0.15, 0.2) is 48.7 Å². The molecule has 1 aromatic heterocycles. The van der Waals surface area contributed by atoms with Crippen molar-refractivity contribution >= 4 is 35.7 Å². The second-order valence-electron chi connectivity index (χ2n) is 6.25. The lowest BCUT2D eigenvalue weighted by Crippen LogP contribution is -2.27.